The number of halogens is 1. The highest BCUT2D eigenvalue weighted by Crippen LogP contribution is 2.37. The van der Waals surface area contributed by atoms with E-state index in [1.807, 2.05) is 6.26 Å². The van der Waals surface area contributed by atoms with Gasteiger partial charge in [-0.3, -0.25) is 0 Å². The van der Waals surface area contributed by atoms with Gasteiger partial charge in [-0.05, 0) is 6.26 Å². The quantitative estimate of drug-likeness (QED) is 0.780. The molecule has 0 atom stereocenters. The van der Waals surface area contributed by atoms with Crippen LogP contribution in [0.2, 0.25) is 0 Å². The van der Waals surface area contributed by atoms with Crippen molar-refractivity contribution in [2.24, 2.45) is 0 Å². The third kappa shape index (κ3) is 1.93. The van der Waals surface area contributed by atoms with Crippen molar-refractivity contribution in [3.8, 4) is 6.07 Å². The molecule has 0 saturated carbocycles. The first-order valence-electron chi connectivity index (χ1n) is 3.97. The van der Waals surface area contributed by atoms with Crippen LogP contribution in [-0.2, 0) is 0 Å². The van der Waals surface area contributed by atoms with E-state index in [9.17, 15) is 0 Å². The largest absolute Gasteiger partial charge is 0.382 e. The van der Waals surface area contributed by atoms with E-state index in [1.54, 1.807) is 0 Å². The molecule has 0 amide bonds. The Morgan fingerprint density at radius 2 is 2.06 bits per heavy atom. The number of anilines is 2. The van der Waals surface area contributed by atoms with E-state index in [-0.39, 0.29) is 22.9 Å². The second kappa shape index (κ2) is 4.86. The van der Waals surface area contributed by atoms with E-state index in [1.165, 1.54) is 23.1 Å². The van der Waals surface area contributed by atoms with Crippen LogP contribution in [0.4, 0.5) is 11.8 Å². The number of thioether (sulfide) groups is 1. The molecule has 16 heavy (non-hydrogen) atoms. The fourth-order valence-electron chi connectivity index (χ4n) is 1.24. The van der Waals surface area contributed by atoms with Crippen molar-refractivity contribution in [2.75, 3.05) is 17.7 Å². The van der Waals surface area contributed by atoms with Gasteiger partial charge in [0.25, 0.3) is 0 Å². The highest BCUT2D eigenvalue weighted by molar-refractivity contribution is 8.93. The average Bonchev–Trinajstić information content (AvgIpc) is 2.55. The van der Waals surface area contributed by atoms with Crippen LogP contribution in [0.25, 0.3) is 10.2 Å². The number of hydrogen-bond acceptors (Lipinski definition) is 7. The lowest BCUT2D eigenvalue weighted by Gasteiger charge is -1.95. The fraction of sp³-hybridized carbons (Fsp3) is 0.125. The van der Waals surface area contributed by atoms with Gasteiger partial charge in [0.1, 0.15) is 23.0 Å². The molecule has 0 aliphatic heterocycles. The van der Waals surface area contributed by atoms with Crippen molar-refractivity contribution in [2.45, 2.75) is 4.21 Å². The molecule has 0 aromatic carbocycles. The molecule has 0 unspecified atom stereocenters. The van der Waals surface area contributed by atoms with Crippen LogP contribution in [0.1, 0.15) is 5.56 Å². The van der Waals surface area contributed by atoms with E-state index >= 15 is 0 Å². The number of thiophene rings is 1. The zero-order valence-electron chi connectivity index (χ0n) is 8.22. The van der Waals surface area contributed by atoms with Gasteiger partial charge in [0.2, 0.25) is 5.95 Å². The van der Waals surface area contributed by atoms with Crippen molar-refractivity contribution >= 4 is 62.1 Å². The molecule has 84 valence electrons. The average molecular weight is 318 g/mol. The predicted octanol–water partition coefficient (Wildman–Crippen LogP) is 2.03. The number of nitrogens with two attached hydrogens (primary N) is 2. The molecule has 2 heterocycles. The van der Waals surface area contributed by atoms with Crippen molar-refractivity contribution in [3.05, 3.63) is 5.56 Å². The van der Waals surface area contributed by atoms with Gasteiger partial charge < -0.3 is 11.5 Å². The first-order valence-corrected chi connectivity index (χ1v) is 6.01. The van der Waals surface area contributed by atoms with Crippen LogP contribution in [0, 0.1) is 11.3 Å². The number of hydrogen-bond donors (Lipinski definition) is 2. The molecule has 2 rings (SSSR count). The van der Waals surface area contributed by atoms with Crippen LogP contribution < -0.4 is 11.5 Å². The maximum Gasteiger partial charge on any atom is 0.222 e. The number of fused-ring (bicyclic) bond motifs is 1. The van der Waals surface area contributed by atoms with Gasteiger partial charge in [0, 0.05) is 0 Å². The third-order valence-corrected chi connectivity index (χ3v) is 4.16. The van der Waals surface area contributed by atoms with Crippen LogP contribution in [-0.4, -0.2) is 16.2 Å². The third-order valence-electron chi connectivity index (χ3n) is 1.84. The predicted molar refractivity (Wildman–Crippen MR) is 73.1 cm³/mol. The smallest absolute Gasteiger partial charge is 0.222 e. The summed E-state index contributed by atoms with van der Waals surface area (Å²) in [6, 6.07) is 2.11. The highest BCUT2D eigenvalue weighted by atomic mass is 79.9. The molecule has 0 spiro atoms. The van der Waals surface area contributed by atoms with Crippen LogP contribution in [0.5, 0.6) is 0 Å². The summed E-state index contributed by atoms with van der Waals surface area (Å²) in [5.74, 6) is 0.432. The van der Waals surface area contributed by atoms with Crippen molar-refractivity contribution in [3.63, 3.8) is 0 Å². The maximum absolute atomic E-state index is 9.02. The van der Waals surface area contributed by atoms with Gasteiger partial charge in [0.05, 0.1) is 8.91 Å². The molecule has 0 saturated heterocycles. The Balaban J connectivity index is 0.00000128. The molecule has 5 nitrogen and oxygen atoms in total. The van der Waals surface area contributed by atoms with E-state index in [4.69, 9.17) is 16.7 Å². The Morgan fingerprint density at radius 3 is 2.62 bits per heavy atom. The molecule has 0 bridgehead atoms. The first kappa shape index (κ1) is 13.0. The Kier molecular flexibility index (Phi) is 3.96. The minimum absolute atomic E-state index is 0. The summed E-state index contributed by atoms with van der Waals surface area (Å²) in [5, 5.41) is 9.02. The first-order chi connectivity index (χ1) is 7.17. The minimum atomic E-state index is 0. The zero-order chi connectivity index (χ0) is 11.0. The van der Waals surface area contributed by atoms with Gasteiger partial charge in [-0.15, -0.1) is 40.1 Å². The maximum atomic E-state index is 9.02. The molecule has 2 aromatic heterocycles. The van der Waals surface area contributed by atoms with E-state index in [0.717, 1.165) is 8.91 Å². The molecule has 0 fully saturated rings. The number of nitriles is 1. The monoisotopic (exact) mass is 317 g/mol. The van der Waals surface area contributed by atoms with Crippen LogP contribution in [0.3, 0.4) is 0 Å². The summed E-state index contributed by atoms with van der Waals surface area (Å²) in [5.41, 5.74) is 12.3. The normalized spacial score (nSPS) is 9.75. The van der Waals surface area contributed by atoms with Gasteiger partial charge in [0.15, 0.2) is 0 Å². The van der Waals surface area contributed by atoms with Crippen LogP contribution >= 0.6 is 40.1 Å². The number of rotatable bonds is 1. The zero-order valence-corrected chi connectivity index (χ0v) is 11.6. The lowest BCUT2D eigenvalue weighted by molar-refractivity contribution is 1.25. The molecule has 4 N–H and O–H groups in total. The molecule has 0 aliphatic rings. The highest BCUT2D eigenvalue weighted by Gasteiger charge is 2.15. The van der Waals surface area contributed by atoms with Gasteiger partial charge >= 0.3 is 0 Å². The molecule has 2 aromatic rings. The van der Waals surface area contributed by atoms with Crippen molar-refractivity contribution in [1.82, 2.24) is 9.97 Å². The summed E-state index contributed by atoms with van der Waals surface area (Å²) in [6.45, 7) is 0. The summed E-state index contributed by atoms with van der Waals surface area (Å²) >= 11 is 2.91. The lowest BCUT2D eigenvalue weighted by atomic mass is 10.3. The van der Waals surface area contributed by atoms with Gasteiger partial charge in [-0.1, -0.05) is 0 Å². The van der Waals surface area contributed by atoms with E-state index in [0.29, 0.717) is 16.9 Å². The minimum Gasteiger partial charge on any atom is -0.382 e. The standard InChI is InChI=1S/C8H7N5S2.BrH/c1-14-7-3(2-9)4-5(15-7)6(10)13-8(11)12-4;/h1H3,(H4,10,11,12,13);1H. The summed E-state index contributed by atoms with van der Waals surface area (Å²) in [4.78, 5) is 7.90. The Bertz CT molecular complexity index is 574. The fourth-order valence-corrected chi connectivity index (χ4v) is 2.99. The Hall–Kier alpha value is -1.04. The van der Waals surface area contributed by atoms with Crippen molar-refractivity contribution in [1.29, 1.82) is 5.26 Å². The summed E-state index contributed by atoms with van der Waals surface area (Å²) < 4.78 is 1.62. The second-order valence-electron chi connectivity index (χ2n) is 2.73. The lowest BCUT2D eigenvalue weighted by Crippen LogP contribution is -1.99. The molecular formula is C8H8BrN5S2. The number of nitrogen functional groups attached to an aromatic ring is 2. The summed E-state index contributed by atoms with van der Waals surface area (Å²) in [7, 11) is 0. The van der Waals surface area contributed by atoms with Crippen LogP contribution in [0.15, 0.2) is 4.21 Å². The molecule has 0 radical (unpaired) electrons. The summed E-state index contributed by atoms with van der Waals surface area (Å²) in [6.07, 6.45) is 1.90. The number of aromatic nitrogens is 2. The van der Waals surface area contributed by atoms with Gasteiger partial charge in [-0.2, -0.15) is 10.2 Å². The topological polar surface area (TPSA) is 102 Å². The number of nitrogens with zero attached hydrogens (tertiary/aromatic N) is 3. The second-order valence-corrected chi connectivity index (χ2v) is 4.82. The Labute approximate surface area is 111 Å². The molecule has 0 aliphatic carbocycles. The SMILES string of the molecule is Br.CSc1sc2c(N)nc(N)nc2c1C#N. The van der Waals surface area contributed by atoms with E-state index < -0.39 is 0 Å². The van der Waals surface area contributed by atoms with E-state index in [2.05, 4.69) is 16.0 Å². The Morgan fingerprint density at radius 1 is 1.38 bits per heavy atom. The van der Waals surface area contributed by atoms with Crippen molar-refractivity contribution < 1.29 is 0 Å². The molecular weight excluding hydrogens is 310 g/mol. The molecule has 8 heteroatoms. The van der Waals surface area contributed by atoms with Gasteiger partial charge in [-0.25, -0.2) is 4.98 Å².